The molecule has 0 unspecified atom stereocenters. The number of ether oxygens (including phenoxy) is 2. The Kier molecular flexibility index (Phi) is 6.06. The van der Waals surface area contributed by atoms with Crippen LogP contribution in [0.3, 0.4) is 0 Å². The molecular weight excluding hydrogens is 388 g/mol. The van der Waals surface area contributed by atoms with E-state index < -0.39 is 5.97 Å². The number of hydrogen-bond donors (Lipinski definition) is 0. The maximum Gasteiger partial charge on any atom is 0.326 e. The number of carbonyl (C=O) groups excluding carboxylic acids is 1. The Balaban J connectivity index is 1.61. The van der Waals surface area contributed by atoms with Crippen LogP contribution >= 0.6 is 11.3 Å². The smallest absolute Gasteiger partial charge is 0.326 e. The zero-order chi connectivity index (χ0) is 20.2. The van der Waals surface area contributed by atoms with Gasteiger partial charge in [-0.05, 0) is 49.3 Å². The van der Waals surface area contributed by atoms with E-state index >= 15 is 0 Å². The molecule has 4 rings (SSSR count). The number of aryl methyl sites for hydroxylation is 2. The standard InChI is InChI=1S/C22H24N2O4S/c1-2-27-9-10-28-19(25)12-24-14-23-21-20(22(24)26)18(13-29-21)17-8-7-15-5-3-4-6-16(15)11-17/h7-8,11,13-14H,2-6,9-10,12H2,1H3. The molecule has 29 heavy (non-hydrogen) atoms. The van der Waals surface area contributed by atoms with Crippen LogP contribution in [0.25, 0.3) is 21.3 Å². The van der Waals surface area contributed by atoms with Crippen LogP contribution in [0.15, 0.2) is 34.7 Å². The van der Waals surface area contributed by atoms with Gasteiger partial charge in [-0.25, -0.2) is 4.98 Å². The molecule has 0 fully saturated rings. The van der Waals surface area contributed by atoms with Gasteiger partial charge in [-0.1, -0.05) is 18.2 Å². The predicted octanol–water partition coefficient (Wildman–Crippen LogP) is 3.58. The van der Waals surface area contributed by atoms with Crippen molar-refractivity contribution in [2.75, 3.05) is 19.8 Å². The van der Waals surface area contributed by atoms with E-state index in [2.05, 4.69) is 23.2 Å². The van der Waals surface area contributed by atoms with Gasteiger partial charge >= 0.3 is 5.97 Å². The van der Waals surface area contributed by atoms with Crippen molar-refractivity contribution in [3.05, 3.63) is 51.4 Å². The Morgan fingerprint density at radius 3 is 2.86 bits per heavy atom. The van der Waals surface area contributed by atoms with Crippen LogP contribution in [0.2, 0.25) is 0 Å². The van der Waals surface area contributed by atoms with Gasteiger partial charge in [0, 0.05) is 17.6 Å². The first-order chi connectivity index (χ1) is 14.2. The molecular formula is C22H24N2O4S. The van der Waals surface area contributed by atoms with Crippen molar-refractivity contribution in [1.82, 2.24) is 9.55 Å². The molecule has 1 aliphatic rings. The summed E-state index contributed by atoms with van der Waals surface area (Å²) < 4.78 is 11.6. The van der Waals surface area contributed by atoms with Crippen LogP contribution in [0.1, 0.15) is 30.9 Å². The van der Waals surface area contributed by atoms with Gasteiger partial charge in [-0.2, -0.15) is 0 Å². The lowest BCUT2D eigenvalue weighted by atomic mass is 9.89. The van der Waals surface area contributed by atoms with Crippen LogP contribution in [0.5, 0.6) is 0 Å². The van der Waals surface area contributed by atoms with Gasteiger partial charge in [0.1, 0.15) is 18.0 Å². The monoisotopic (exact) mass is 412 g/mol. The van der Waals surface area contributed by atoms with Crippen molar-refractivity contribution >= 4 is 27.5 Å². The van der Waals surface area contributed by atoms with Crippen molar-refractivity contribution in [1.29, 1.82) is 0 Å². The van der Waals surface area contributed by atoms with Crippen molar-refractivity contribution in [3.8, 4) is 11.1 Å². The maximum atomic E-state index is 13.1. The van der Waals surface area contributed by atoms with Crippen molar-refractivity contribution in [3.63, 3.8) is 0 Å². The summed E-state index contributed by atoms with van der Waals surface area (Å²) in [4.78, 5) is 30.2. The van der Waals surface area contributed by atoms with Crippen molar-refractivity contribution in [2.24, 2.45) is 0 Å². The number of rotatable bonds is 7. The van der Waals surface area contributed by atoms with Crippen LogP contribution in [-0.2, 0) is 33.7 Å². The molecule has 7 heteroatoms. The zero-order valence-corrected chi connectivity index (χ0v) is 17.3. The second kappa shape index (κ2) is 8.88. The molecule has 2 aromatic heterocycles. The minimum absolute atomic E-state index is 0.159. The van der Waals surface area contributed by atoms with Crippen molar-refractivity contribution < 1.29 is 14.3 Å². The Hall–Kier alpha value is -2.51. The summed E-state index contributed by atoms with van der Waals surface area (Å²) in [7, 11) is 0. The summed E-state index contributed by atoms with van der Waals surface area (Å²) in [6.45, 7) is 2.81. The van der Waals surface area contributed by atoms with Gasteiger partial charge in [0.2, 0.25) is 0 Å². The largest absolute Gasteiger partial charge is 0.462 e. The van der Waals surface area contributed by atoms with E-state index in [-0.39, 0.29) is 18.7 Å². The number of aromatic nitrogens is 2. The summed E-state index contributed by atoms with van der Waals surface area (Å²) in [6, 6.07) is 6.47. The first kappa shape index (κ1) is 19.8. The first-order valence-corrected chi connectivity index (χ1v) is 10.9. The molecule has 0 atom stereocenters. The Bertz CT molecular complexity index is 1090. The fourth-order valence-electron chi connectivity index (χ4n) is 3.74. The normalized spacial score (nSPS) is 13.4. The molecule has 1 aliphatic carbocycles. The molecule has 0 N–H and O–H groups in total. The lowest BCUT2D eigenvalue weighted by molar-refractivity contribution is -0.145. The minimum Gasteiger partial charge on any atom is -0.462 e. The summed E-state index contributed by atoms with van der Waals surface area (Å²) in [6.07, 6.45) is 6.08. The van der Waals surface area contributed by atoms with Gasteiger partial charge in [-0.3, -0.25) is 14.2 Å². The third-order valence-corrected chi connectivity index (χ3v) is 6.10. The molecule has 0 amide bonds. The lowest BCUT2D eigenvalue weighted by Gasteiger charge is -2.16. The molecule has 2 heterocycles. The molecule has 6 nitrogen and oxygen atoms in total. The molecule has 0 radical (unpaired) electrons. The second-order valence-corrected chi connectivity index (χ2v) is 7.97. The van der Waals surface area contributed by atoms with E-state index in [9.17, 15) is 9.59 Å². The second-order valence-electron chi connectivity index (χ2n) is 7.12. The summed E-state index contributed by atoms with van der Waals surface area (Å²) in [5.74, 6) is -0.474. The third kappa shape index (κ3) is 4.26. The Morgan fingerprint density at radius 2 is 2.03 bits per heavy atom. The Morgan fingerprint density at radius 1 is 1.21 bits per heavy atom. The summed E-state index contributed by atoms with van der Waals surface area (Å²) in [5, 5.41) is 2.55. The van der Waals surface area contributed by atoms with Gasteiger partial charge in [-0.15, -0.1) is 11.3 Å². The highest BCUT2D eigenvalue weighted by atomic mass is 32.1. The first-order valence-electron chi connectivity index (χ1n) is 9.99. The molecule has 0 saturated carbocycles. The average molecular weight is 413 g/mol. The van der Waals surface area contributed by atoms with Crippen LogP contribution < -0.4 is 5.56 Å². The van der Waals surface area contributed by atoms with E-state index in [4.69, 9.17) is 9.47 Å². The number of nitrogens with zero attached hydrogens (tertiary/aromatic N) is 2. The fraction of sp³-hybridized carbons (Fsp3) is 0.409. The van der Waals surface area contributed by atoms with E-state index in [1.54, 1.807) is 0 Å². The molecule has 1 aromatic carbocycles. The zero-order valence-electron chi connectivity index (χ0n) is 16.5. The average Bonchev–Trinajstić information content (AvgIpc) is 3.18. The molecule has 0 aliphatic heterocycles. The third-order valence-electron chi connectivity index (χ3n) is 5.21. The topological polar surface area (TPSA) is 70.4 Å². The lowest BCUT2D eigenvalue weighted by Crippen LogP contribution is -2.26. The van der Waals surface area contributed by atoms with Crippen molar-refractivity contribution in [2.45, 2.75) is 39.2 Å². The fourth-order valence-corrected chi connectivity index (χ4v) is 4.64. The number of esters is 1. The Labute approximate surface area is 173 Å². The molecule has 152 valence electrons. The molecule has 0 saturated heterocycles. The molecule has 0 bridgehead atoms. The number of thiophene rings is 1. The SMILES string of the molecule is CCOCCOC(=O)Cn1cnc2scc(-c3ccc4c(c3)CCCC4)c2c1=O. The van der Waals surface area contributed by atoms with E-state index in [0.717, 1.165) is 24.0 Å². The number of hydrogen-bond acceptors (Lipinski definition) is 6. The maximum absolute atomic E-state index is 13.1. The van der Waals surface area contributed by atoms with Crippen LogP contribution in [0, 0.1) is 0 Å². The van der Waals surface area contributed by atoms with Gasteiger partial charge < -0.3 is 9.47 Å². The quantitative estimate of drug-likeness (QED) is 0.438. The van der Waals surface area contributed by atoms with E-state index in [0.29, 0.717) is 23.4 Å². The number of benzene rings is 1. The van der Waals surface area contributed by atoms with Gasteiger partial charge in [0.15, 0.2) is 0 Å². The molecule has 3 aromatic rings. The van der Waals surface area contributed by atoms with Gasteiger partial charge in [0.05, 0.1) is 18.3 Å². The highest BCUT2D eigenvalue weighted by Gasteiger charge is 2.17. The van der Waals surface area contributed by atoms with Gasteiger partial charge in [0.25, 0.3) is 5.56 Å². The summed E-state index contributed by atoms with van der Waals surface area (Å²) in [5.41, 5.74) is 4.48. The highest BCUT2D eigenvalue weighted by Crippen LogP contribution is 2.33. The number of fused-ring (bicyclic) bond motifs is 2. The minimum atomic E-state index is -0.474. The van der Waals surface area contributed by atoms with Crippen LogP contribution in [-0.4, -0.2) is 35.3 Å². The predicted molar refractivity (Wildman–Crippen MR) is 113 cm³/mol. The van der Waals surface area contributed by atoms with E-state index in [1.807, 2.05) is 12.3 Å². The van der Waals surface area contributed by atoms with E-state index in [1.165, 1.54) is 46.2 Å². The number of carbonyl (C=O) groups is 1. The molecule has 0 spiro atoms. The highest BCUT2D eigenvalue weighted by molar-refractivity contribution is 7.17. The van der Waals surface area contributed by atoms with Crippen LogP contribution in [0.4, 0.5) is 0 Å². The summed E-state index contributed by atoms with van der Waals surface area (Å²) >= 11 is 1.45.